The fraction of sp³-hybridized carbons (Fsp3) is 0.455. The van der Waals surface area contributed by atoms with Gasteiger partial charge in [-0.05, 0) is 93.2 Å². The molecular formula is C33H36BrN9O3. The molecule has 3 aliphatic rings. The van der Waals surface area contributed by atoms with Crippen LogP contribution in [0.2, 0.25) is 0 Å². The number of likely N-dealkylation sites (tertiary alicyclic amines) is 2. The minimum Gasteiger partial charge on any atom is -0.325 e. The molecule has 1 N–H and O–H groups in total. The van der Waals surface area contributed by atoms with Crippen LogP contribution >= 0.6 is 15.9 Å². The number of carbonyl (C=O) groups excluding carboxylic acids is 3. The maximum Gasteiger partial charge on any atom is 0.248 e. The molecule has 12 nitrogen and oxygen atoms in total. The number of pyridine rings is 2. The molecular weight excluding hydrogens is 650 g/mol. The first kappa shape index (κ1) is 30.5. The number of aryl methyl sites for hydroxylation is 3. The van der Waals surface area contributed by atoms with Crippen LogP contribution in [-0.2, 0) is 16.1 Å². The zero-order valence-corrected chi connectivity index (χ0v) is 28.0. The monoisotopic (exact) mass is 685 g/mol. The van der Waals surface area contributed by atoms with Crippen molar-refractivity contribution in [3.05, 3.63) is 58.0 Å². The lowest BCUT2D eigenvalue weighted by atomic mass is 9.98. The van der Waals surface area contributed by atoms with Gasteiger partial charge in [0.2, 0.25) is 11.8 Å². The van der Waals surface area contributed by atoms with Crippen molar-refractivity contribution in [2.24, 2.45) is 5.41 Å². The van der Waals surface area contributed by atoms with E-state index in [2.05, 4.69) is 46.2 Å². The van der Waals surface area contributed by atoms with Crippen LogP contribution in [0.5, 0.6) is 0 Å². The number of Topliss-reactive ketones (excluding diaryl/α,β-unsaturated/α-hetero) is 1. The zero-order valence-electron chi connectivity index (χ0n) is 26.4. The van der Waals surface area contributed by atoms with Gasteiger partial charge < -0.3 is 15.1 Å². The Hall–Kier alpha value is -4.10. The third-order valence-corrected chi connectivity index (χ3v) is 10.1. The molecule has 0 aromatic carbocycles. The van der Waals surface area contributed by atoms with Crippen LogP contribution in [0.3, 0.4) is 0 Å². The minimum absolute atomic E-state index is 0.0330. The number of anilines is 1. The molecule has 1 unspecified atom stereocenters. The topological polar surface area (TPSA) is 139 Å². The second-order valence-electron chi connectivity index (χ2n) is 12.9. The van der Waals surface area contributed by atoms with Crippen LogP contribution in [0.1, 0.15) is 60.2 Å². The molecule has 238 valence electrons. The number of amides is 2. The lowest BCUT2D eigenvalue weighted by Gasteiger charge is -2.27. The highest BCUT2D eigenvalue weighted by atomic mass is 79.9. The summed E-state index contributed by atoms with van der Waals surface area (Å²) in [5.41, 5.74) is 3.58. The summed E-state index contributed by atoms with van der Waals surface area (Å²) in [6, 6.07) is 4.85. The van der Waals surface area contributed by atoms with Crippen molar-refractivity contribution in [3.8, 4) is 11.3 Å². The molecule has 7 rings (SSSR count). The fourth-order valence-corrected chi connectivity index (χ4v) is 7.62. The standard InChI is InChI=1S/C33H36BrN9O3/c1-18-7-8-27(34)38-31(18)39-32(46)25-12-33(17-41-9-5-6-10-41)13-26(33)43(25)28(45)16-42-30-19(2)37-24(22-14-35-21(4)36-15-22)11-23(30)29(40-42)20(3)44/h7-8,11,14-15,25-26H,5-6,9-10,12-13,16-17H2,1-4H3,(H,38,39,46)/t25-,26?,33-/m0/s1. The van der Waals surface area contributed by atoms with Gasteiger partial charge in [-0.1, -0.05) is 6.07 Å². The highest BCUT2D eigenvalue weighted by molar-refractivity contribution is 9.10. The highest BCUT2D eigenvalue weighted by Gasteiger charge is 2.67. The van der Waals surface area contributed by atoms with E-state index in [0.717, 1.165) is 37.2 Å². The molecule has 0 spiro atoms. The van der Waals surface area contributed by atoms with Gasteiger partial charge in [-0.25, -0.2) is 15.0 Å². The zero-order chi connectivity index (χ0) is 32.3. The highest BCUT2D eigenvalue weighted by Crippen LogP contribution is 2.60. The van der Waals surface area contributed by atoms with Crippen LogP contribution in [0, 0.1) is 26.2 Å². The second-order valence-corrected chi connectivity index (χ2v) is 13.8. The first-order chi connectivity index (χ1) is 22.0. The Kier molecular flexibility index (Phi) is 7.71. The van der Waals surface area contributed by atoms with Gasteiger partial charge in [-0.3, -0.25) is 24.0 Å². The molecule has 1 aliphatic carbocycles. The minimum atomic E-state index is -0.643. The van der Waals surface area contributed by atoms with E-state index >= 15 is 0 Å². The van der Waals surface area contributed by atoms with Crippen LogP contribution in [-0.4, -0.2) is 88.8 Å². The molecule has 6 heterocycles. The van der Waals surface area contributed by atoms with E-state index in [4.69, 9.17) is 4.98 Å². The number of fused-ring (bicyclic) bond motifs is 2. The predicted molar refractivity (Wildman–Crippen MR) is 175 cm³/mol. The quantitative estimate of drug-likeness (QED) is 0.213. The van der Waals surface area contributed by atoms with Gasteiger partial charge in [-0.2, -0.15) is 5.10 Å². The van der Waals surface area contributed by atoms with Crippen LogP contribution < -0.4 is 5.32 Å². The van der Waals surface area contributed by atoms with Crippen molar-refractivity contribution in [1.29, 1.82) is 0 Å². The van der Waals surface area contributed by atoms with Crippen LogP contribution in [0.25, 0.3) is 22.2 Å². The number of piperidine rings is 1. The fourth-order valence-electron chi connectivity index (χ4n) is 7.31. The number of nitrogens with one attached hydrogen (secondary N) is 1. The summed E-state index contributed by atoms with van der Waals surface area (Å²) in [5, 5.41) is 8.25. The summed E-state index contributed by atoms with van der Waals surface area (Å²) < 4.78 is 2.19. The Bertz CT molecular complexity index is 1890. The summed E-state index contributed by atoms with van der Waals surface area (Å²) in [4.78, 5) is 63.0. The number of aromatic nitrogens is 6. The third kappa shape index (κ3) is 5.49. The lowest BCUT2D eigenvalue weighted by Crippen LogP contribution is -2.47. The average molecular weight is 687 g/mol. The first-order valence-corrected chi connectivity index (χ1v) is 16.5. The molecule has 3 fully saturated rings. The van der Waals surface area contributed by atoms with Crippen molar-refractivity contribution >= 4 is 50.2 Å². The molecule has 46 heavy (non-hydrogen) atoms. The van der Waals surface area contributed by atoms with Gasteiger partial charge in [0.25, 0.3) is 0 Å². The summed E-state index contributed by atoms with van der Waals surface area (Å²) in [6.45, 7) is 9.88. The molecule has 1 saturated carbocycles. The van der Waals surface area contributed by atoms with Crippen LogP contribution in [0.15, 0.2) is 35.2 Å². The normalized spacial score (nSPS) is 22.3. The predicted octanol–water partition coefficient (Wildman–Crippen LogP) is 4.27. The molecule has 0 radical (unpaired) electrons. The maximum atomic E-state index is 14.3. The van der Waals surface area contributed by atoms with Gasteiger partial charge in [0.05, 0.1) is 16.9 Å². The Labute approximate surface area is 275 Å². The van der Waals surface area contributed by atoms with Crippen molar-refractivity contribution in [2.75, 3.05) is 25.0 Å². The molecule has 0 bridgehead atoms. The molecule has 3 atom stereocenters. The molecule has 2 aliphatic heterocycles. The number of rotatable bonds is 8. The largest absolute Gasteiger partial charge is 0.325 e. The molecule has 2 saturated heterocycles. The van der Waals surface area contributed by atoms with Crippen LogP contribution in [0.4, 0.5) is 5.82 Å². The van der Waals surface area contributed by atoms with Gasteiger partial charge in [0.1, 0.15) is 34.5 Å². The second kappa shape index (κ2) is 11.6. The van der Waals surface area contributed by atoms with Crippen molar-refractivity contribution in [2.45, 2.75) is 72.0 Å². The number of nitrogens with zero attached hydrogens (tertiary/aromatic N) is 8. The Morgan fingerprint density at radius 2 is 1.78 bits per heavy atom. The summed E-state index contributed by atoms with van der Waals surface area (Å²) in [6.07, 6.45) is 7.22. The summed E-state index contributed by atoms with van der Waals surface area (Å²) in [7, 11) is 0. The number of hydrogen-bond donors (Lipinski definition) is 1. The number of hydrogen-bond acceptors (Lipinski definition) is 9. The van der Waals surface area contributed by atoms with E-state index in [1.807, 2.05) is 39.0 Å². The number of ketones is 1. The Morgan fingerprint density at radius 3 is 2.50 bits per heavy atom. The smallest absolute Gasteiger partial charge is 0.248 e. The average Bonchev–Trinajstić information content (AvgIpc) is 3.35. The lowest BCUT2D eigenvalue weighted by molar-refractivity contribution is -0.138. The van der Waals surface area contributed by atoms with Gasteiger partial charge >= 0.3 is 0 Å². The molecule has 4 aromatic rings. The van der Waals surface area contributed by atoms with E-state index in [1.165, 1.54) is 19.8 Å². The van der Waals surface area contributed by atoms with E-state index < -0.39 is 6.04 Å². The van der Waals surface area contributed by atoms with Gasteiger partial charge in [-0.15, -0.1) is 0 Å². The number of halogens is 1. The van der Waals surface area contributed by atoms with Gasteiger partial charge in [0, 0.05) is 48.3 Å². The Balaban J connectivity index is 1.21. The van der Waals surface area contributed by atoms with E-state index in [0.29, 0.717) is 45.0 Å². The Morgan fingerprint density at radius 1 is 1.04 bits per heavy atom. The summed E-state index contributed by atoms with van der Waals surface area (Å²) >= 11 is 3.40. The molecule has 2 amide bonds. The van der Waals surface area contributed by atoms with Crippen molar-refractivity contribution in [3.63, 3.8) is 0 Å². The first-order valence-electron chi connectivity index (χ1n) is 15.7. The molecule has 4 aromatic heterocycles. The van der Waals surface area contributed by atoms with E-state index in [-0.39, 0.29) is 41.3 Å². The van der Waals surface area contributed by atoms with E-state index in [9.17, 15) is 14.4 Å². The maximum absolute atomic E-state index is 14.3. The molecule has 13 heteroatoms. The summed E-state index contributed by atoms with van der Waals surface area (Å²) in [5.74, 6) is 0.457. The number of carbonyl (C=O) groups is 3. The van der Waals surface area contributed by atoms with Crippen molar-refractivity contribution < 1.29 is 14.4 Å². The van der Waals surface area contributed by atoms with Gasteiger partial charge in [0.15, 0.2) is 5.78 Å². The third-order valence-electron chi connectivity index (χ3n) is 9.65. The van der Waals surface area contributed by atoms with Crippen molar-refractivity contribution in [1.82, 2.24) is 39.5 Å². The SMILES string of the molecule is CC(=O)c1nn(CC(=O)N2C3C[C@]3(CN3CCCC3)C[C@H]2C(=O)Nc2nc(Br)ccc2C)c2c(C)nc(-c3cnc(C)nc3)cc12. The van der Waals surface area contributed by atoms with E-state index in [1.54, 1.807) is 22.0 Å².